The van der Waals surface area contributed by atoms with Crippen LogP contribution in [0.5, 0.6) is 0 Å². The van der Waals surface area contributed by atoms with Crippen LogP contribution < -0.4 is 0 Å². The van der Waals surface area contributed by atoms with E-state index in [0.29, 0.717) is 6.54 Å². The van der Waals surface area contributed by atoms with Crippen LogP contribution in [0.15, 0.2) is 6.07 Å². The fourth-order valence-corrected chi connectivity index (χ4v) is 2.27. The lowest BCUT2D eigenvalue weighted by atomic mass is 10.2. The number of carbonyl (C=O) groups is 1. The second-order valence-corrected chi connectivity index (χ2v) is 4.59. The second-order valence-electron chi connectivity index (χ2n) is 3.85. The number of rotatable bonds is 2. The second kappa shape index (κ2) is 5.16. The summed E-state index contributed by atoms with van der Waals surface area (Å²) in [6.45, 7) is 0.565. The molecular formula is C10H11Cl2N3O2. The van der Waals surface area contributed by atoms with E-state index in [1.807, 2.05) is 0 Å². The Kier molecular flexibility index (Phi) is 3.81. The predicted molar refractivity (Wildman–Crippen MR) is 63.2 cm³/mol. The van der Waals surface area contributed by atoms with Crippen LogP contribution >= 0.6 is 23.2 Å². The first-order valence-corrected chi connectivity index (χ1v) is 5.99. The van der Waals surface area contributed by atoms with Gasteiger partial charge in [-0.1, -0.05) is 23.2 Å². The molecule has 5 nitrogen and oxygen atoms in total. The number of aliphatic hydroxyl groups is 1. The molecule has 1 fully saturated rings. The van der Waals surface area contributed by atoms with Gasteiger partial charge in [0.1, 0.15) is 0 Å². The maximum atomic E-state index is 12.2. The van der Waals surface area contributed by atoms with Crippen molar-refractivity contribution >= 4 is 29.1 Å². The lowest BCUT2D eigenvalue weighted by Crippen LogP contribution is -2.37. The Labute approximate surface area is 108 Å². The standard InChI is InChI=1S/C10H11Cl2N3O2/c11-8-4-7(9(12)14-13-8)10(17)15-3-1-2-6(15)5-16/h4,6,16H,1-3,5H2/t6-/m0/s1. The zero-order chi connectivity index (χ0) is 12.4. The molecule has 0 spiro atoms. The third kappa shape index (κ3) is 2.51. The summed E-state index contributed by atoms with van der Waals surface area (Å²) in [5.41, 5.74) is 0.229. The van der Waals surface area contributed by atoms with Crippen LogP contribution in [0.4, 0.5) is 0 Å². The topological polar surface area (TPSA) is 66.3 Å². The largest absolute Gasteiger partial charge is 0.394 e. The third-order valence-corrected chi connectivity index (χ3v) is 3.26. The molecule has 1 aliphatic heterocycles. The maximum absolute atomic E-state index is 12.2. The molecule has 1 aromatic rings. The van der Waals surface area contributed by atoms with E-state index in [0.717, 1.165) is 12.8 Å². The van der Waals surface area contributed by atoms with Crippen molar-refractivity contribution in [3.63, 3.8) is 0 Å². The van der Waals surface area contributed by atoms with Crippen molar-refractivity contribution in [2.75, 3.05) is 13.2 Å². The quantitative estimate of drug-likeness (QED) is 0.886. The van der Waals surface area contributed by atoms with Gasteiger partial charge in [-0.2, -0.15) is 0 Å². The van der Waals surface area contributed by atoms with E-state index in [9.17, 15) is 9.90 Å². The van der Waals surface area contributed by atoms with Gasteiger partial charge >= 0.3 is 0 Å². The summed E-state index contributed by atoms with van der Waals surface area (Å²) in [6.07, 6.45) is 1.67. The van der Waals surface area contributed by atoms with Gasteiger partial charge in [0, 0.05) is 6.54 Å². The van der Waals surface area contributed by atoms with Crippen molar-refractivity contribution < 1.29 is 9.90 Å². The molecule has 1 aromatic heterocycles. The Morgan fingerprint density at radius 2 is 2.29 bits per heavy atom. The lowest BCUT2D eigenvalue weighted by Gasteiger charge is -2.23. The average molecular weight is 276 g/mol. The molecule has 0 unspecified atom stereocenters. The third-order valence-electron chi connectivity index (χ3n) is 2.80. The van der Waals surface area contributed by atoms with Crippen LogP contribution in [-0.2, 0) is 0 Å². The molecule has 2 rings (SSSR count). The minimum atomic E-state index is -0.261. The van der Waals surface area contributed by atoms with Crippen LogP contribution in [0.25, 0.3) is 0 Å². The smallest absolute Gasteiger partial charge is 0.257 e. The highest BCUT2D eigenvalue weighted by molar-refractivity contribution is 6.34. The van der Waals surface area contributed by atoms with Crippen LogP contribution in [0, 0.1) is 0 Å². The Bertz CT molecular complexity index is 442. The summed E-state index contributed by atoms with van der Waals surface area (Å²) in [5.74, 6) is -0.261. The Balaban J connectivity index is 2.27. The first-order valence-electron chi connectivity index (χ1n) is 5.24. The monoisotopic (exact) mass is 275 g/mol. The molecule has 2 heterocycles. The van der Waals surface area contributed by atoms with Crippen LogP contribution in [0.3, 0.4) is 0 Å². The first kappa shape index (κ1) is 12.5. The molecule has 1 saturated heterocycles. The maximum Gasteiger partial charge on any atom is 0.257 e. The van der Waals surface area contributed by atoms with Crippen molar-refractivity contribution in [1.82, 2.24) is 15.1 Å². The van der Waals surface area contributed by atoms with E-state index in [4.69, 9.17) is 23.2 Å². The molecule has 92 valence electrons. The molecule has 17 heavy (non-hydrogen) atoms. The molecule has 1 atom stereocenters. The normalized spacial score (nSPS) is 19.7. The van der Waals surface area contributed by atoms with Gasteiger partial charge in [-0.15, -0.1) is 10.2 Å². The number of amides is 1. The van der Waals surface area contributed by atoms with Crippen molar-refractivity contribution in [2.45, 2.75) is 18.9 Å². The van der Waals surface area contributed by atoms with E-state index in [2.05, 4.69) is 10.2 Å². The molecule has 0 radical (unpaired) electrons. The van der Waals surface area contributed by atoms with Gasteiger partial charge in [-0.25, -0.2) is 0 Å². The summed E-state index contributed by atoms with van der Waals surface area (Å²) in [6, 6.07) is 1.25. The molecular weight excluding hydrogens is 265 g/mol. The molecule has 0 saturated carbocycles. The van der Waals surface area contributed by atoms with E-state index in [1.165, 1.54) is 6.07 Å². The van der Waals surface area contributed by atoms with Gasteiger partial charge in [-0.3, -0.25) is 4.79 Å². The molecule has 7 heteroatoms. The van der Waals surface area contributed by atoms with Crippen LogP contribution in [0.1, 0.15) is 23.2 Å². The van der Waals surface area contributed by atoms with E-state index in [1.54, 1.807) is 4.90 Å². The highest BCUT2D eigenvalue weighted by atomic mass is 35.5. The molecule has 1 amide bonds. The number of aliphatic hydroxyl groups excluding tert-OH is 1. The fraction of sp³-hybridized carbons (Fsp3) is 0.500. The minimum Gasteiger partial charge on any atom is -0.394 e. The van der Waals surface area contributed by atoms with Crippen molar-refractivity contribution in [3.05, 3.63) is 21.9 Å². The lowest BCUT2D eigenvalue weighted by molar-refractivity contribution is 0.0677. The van der Waals surface area contributed by atoms with Gasteiger partial charge < -0.3 is 10.0 Å². The Hall–Kier alpha value is -0.910. The van der Waals surface area contributed by atoms with Crippen molar-refractivity contribution in [3.8, 4) is 0 Å². The molecule has 1 aliphatic rings. The van der Waals surface area contributed by atoms with E-state index in [-0.39, 0.29) is 34.4 Å². The number of hydrogen-bond acceptors (Lipinski definition) is 4. The van der Waals surface area contributed by atoms with Crippen molar-refractivity contribution in [1.29, 1.82) is 0 Å². The molecule has 1 N–H and O–H groups in total. The first-order chi connectivity index (χ1) is 8.13. The molecule has 0 aromatic carbocycles. The zero-order valence-corrected chi connectivity index (χ0v) is 10.4. The molecule has 0 aliphatic carbocycles. The number of halogens is 2. The van der Waals surface area contributed by atoms with Gasteiger partial charge in [0.2, 0.25) is 0 Å². The fourth-order valence-electron chi connectivity index (χ4n) is 1.95. The average Bonchev–Trinajstić information content (AvgIpc) is 2.79. The van der Waals surface area contributed by atoms with Crippen LogP contribution in [-0.4, -0.2) is 45.3 Å². The molecule has 0 bridgehead atoms. The van der Waals surface area contributed by atoms with Crippen molar-refractivity contribution in [2.24, 2.45) is 0 Å². The van der Waals surface area contributed by atoms with E-state index >= 15 is 0 Å². The van der Waals surface area contributed by atoms with E-state index < -0.39 is 0 Å². The Morgan fingerprint density at radius 1 is 1.53 bits per heavy atom. The summed E-state index contributed by atoms with van der Waals surface area (Å²) in [7, 11) is 0. The summed E-state index contributed by atoms with van der Waals surface area (Å²) in [5, 5.41) is 16.5. The number of nitrogens with zero attached hydrogens (tertiary/aromatic N) is 3. The van der Waals surface area contributed by atoms with Gasteiger partial charge in [0.05, 0.1) is 18.2 Å². The minimum absolute atomic E-state index is 0.0305. The number of hydrogen-bond donors (Lipinski definition) is 1. The highest BCUT2D eigenvalue weighted by Gasteiger charge is 2.30. The van der Waals surface area contributed by atoms with Gasteiger partial charge in [0.25, 0.3) is 5.91 Å². The van der Waals surface area contributed by atoms with Crippen LogP contribution in [0.2, 0.25) is 10.3 Å². The van der Waals surface area contributed by atoms with Gasteiger partial charge in [0.15, 0.2) is 10.3 Å². The summed E-state index contributed by atoms with van der Waals surface area (Å²) in [4.78, 5) is 13.8. The van der Waals surface area contributed by atoms with Gasteiger partial charge in [-0.05, 0) is 18.9 Å². The SMILES string of the molecule is O=C(c1cc(Cl)nnc1Cl)N1CCC[C@H]1CO. The predicted octanol–water partition coefficient (Wildman–Crippen LogP) is 1.38. The zero-order valence-electron chi connectivity index (χ0n) is 8.94. The Morgan fingerprint density at radius 3 is 3.00 bits per heavy atom. The highest BCUT2D eigenvalue weighted by Crippen LogP contribution is 2.23. The number of likely N-dealkylation sites (tertiary alicyclic amines) is 1. The summed E-state index contributed by atoms with van der Waals surface area (Å²) >= 11 is 11.5. The number of carbonyl (C=O) groups excluding carboxylic acids is 1. The summed E-state index contributed by atoms with van der Waals surface area (Å²) < 4.78 is 0. The number of aromatic nitrogens is 2.